The van der Waals surface area contributed by atoms with Crippen LogP contribution in [-0.4, -0.2) is 16.0 Å². The summed E-state index contributed by atoms with van der Waals surface area (Å²) in [4.78, 5) is 1.32. The molecule has 3 nitrogen and oxygen atoms in total. The van der Waals surface area contributed by atoms with Gasteiger partial charge in [0.1, 0.15) is 0 Å². The fourth-order valence-corrected chi connectivity index (χ4v) is 3.31. The first kappa shape index (κ1) is 13.7. The van der Waals surface area contributed by atoms with E-state index in [4.69, 9.17) is 0 Å². The summed E-state index contributed by atoms with van der Waals surface area (Å²) in [5.41, 5.74) is 4.13. The fraction of sp³-hybridized carbons (Fsp3) is 0.438. The van der Waals surface area contributed by atoms with Gasteiger partial charge in [0.2, 0.25) is 0 Å². The number of aryl methyl sites for hydroxylation is 1. The number of rotatable bonds is 4. The average Bonchev–Trinajstić information content (AvgIpc) is 2.88. The zero-order chi connectivity index (χ0) is 13.9. The molecule has 0 amide bonds. The van der Waals surface area contributed by atoms with E-state index >= 15 is 0 Å². The molecule has 4 heteroatoms. The lowest BCUT2D eigenvalue weighted by Gasteiger charge is -2.24. The second-order valence-electron chi connectivity index (χ2n) is 5.34. The van der Waals surface area contributed by atoms with E-state index in [0.717, 1.165) is 13.0 Å². The number of benzene rings is 1. The normalized spacial score (nSPS) is 18.0. The first-order valence-corrected chi connectivity index (χ1v) is 8.37. The molecule has 20 heavy (non-hydrogen) atoms. The van der Waals surface area contributed by atoms with E-state index in [-0.39, 0.29) is 0 Å². The minimum absolute atomic E-state index is 0.452. The summed E-state index contributed by atoms with van der Waals surface area (Å²) in [5, 5.41) is 8.08. The topological polar surface area (TPSA) is 29.9 Å². The molecule has 1 N–H and O–H groups in total. The van der Waals surface area contributed by atoms with Crippen molar-refractivity contribution in [1.29, 1.82) is 0 Å². The van der Waals surface area contributed by atoms with Gasteiger partial charge in [-0.1, -0.05) is 12.1 Å². The van der Waals surface area contributed by atoms with Gasteiger partial charge in [-0.25, -0.2) is 0 Å². The number of hydrogen-bond acceptors (Lipinski definition) is 3. The molecule has 3 rings (SSSR count). The minimum atomic E-state index is 0.452. The maximum Gasteiger partial charge on any atom is 0.0540 e. The zero-order valence-electron chi connectivity index (χ0n) is 12.1. The summed E-state index contributed by atoms with van der Waals surface area (Å²) in [6, 6.07) is 9.26. The number of thioether (sulfide) groups is 1. The Morgan fingerprint density at radius 2 is 2.15 bits per heavy atom. The van der Waals surface area contributed by atoms with E-state index in [0.29, 0.717) is 6.04 Å². The summed E-state index contributed by atoms with van der Waals surface area (Å²) in [5.74, 6) is 0. The number of nitrogens with zero attached hydrogens (tertiary/aromatic N) is 2. The van der Waals surface area contributed by atoms with Crippen LogP contribution in [0.15, 0.2) is 35.4 Å². The Labute approximate surface area is 124 Å². The van der Waals surface area contributed by atoms with E-state index in [1.54, 1.807) is 11.8 Å². The molecule has 0 spiro atoms. The fourth-order valence-electron chi connectivity index (χ4n) is 2.90. The van der Waals surface area contributed by atoms with Crippen LogP contribution < -0.4 is 5.32 Å². The molecule has 0 saturated heterocycles. The molecule has 0 saturated carbocycles. The first-order chi connectivity index (χ1) is 9.78. The third kappa shape index (κ3) is 2.76. The molecule has 1 aliphatic rings. The number of hydrogen-bond donors (Lipinski definition) is 1. The van der Waals surface area contributed by atoms with Crippen molar-refractivity contribution in [3.8, 4) is 0 Å². The van der Waals surface area contributed by atoms with Gasteiger partial charge < -0.3 is 5.32 Å². The van der Waals surface area contributed by atoms with Crippen molar-refractivity contribution < 1.29 is 0 Å². The molecule has 0 unspecified atom stereocenters. The monoisotopic (exact) mass is 287 g/mol. The second-order valence-corrected chi connectivity index (χ2v) is 6.22. The van der Waals surface area contributed by atoms with Crippen molar-refractivity contribution in [2.45, 2.75) is 36.7 Å². The highest BCUT2D eigenvalue weighted by Crippen LogP contribution is 2.29. The van der Waals surface area contributed by atoms with Crippen LogP contribution in [0.3, 0.4) is 0 Å². The molecule has 1 atom stereocenters. The maximum atomic E-state index is 4.40. The Morgan fingerprint density at radius 1 is 1.35 bits per heavy atom. The molecular formula is C16H21N3S. The Morgan fingerprint density at radius 3 is 2.90 bits per heavy atom. The smallest absolute Gasteiger partial charge is 0.0540 e. The molecule has 0 radical (unpaired) electrons. The number of aromatic nitrogens is 2. The second kappa shape index (κ2) is 6.02. The van der Waals surface area contributed by atoms with E-state index in [2.05, 4.69) is 40.9 Å². The molecule has 1 aliphatic carbocycles. The standard InChI is InChI=1S/C16H21N3S/c1-19-16-5-3-4-15(14(16)11-18-19)17-10-12-6-8-13(20-2)9-7-12/h6-9,11,15,17H,3-5,10H2,1-2H3/t15-/m1/s1. The minimum Gasteiger partial charge on any atom is -0.306 e. The van der Waals surface area contributed by atoms with Crippen LogP contribution in [0, 0.1) is 0 Å². The van der Waals surface area contributed by atoms with Crippen molar-refractivity contribution in [3.05, 3.63) is 47.3 Å². The highest BCUT2D eigenvalue weighted by atomic mass is 32.2. The Bertz CT molecular complexity index is 574. The third-order valence-corrected chi connectivity index (χ3v) is 4.83. The molecule has 106 valence electrons. The van der Waals surface area contributed by atoms with Crippen LogP contribution in [0.4, 0.5) is 0 Å². The molecular weight excluding hydrogens is 266 g/mol. The molecule has 1 aromatic carbocycles. The van der Waals surface area contributed by atoms with Crippen molar-refractivity contribution in [2.75, 3.05) is 6.26 Å². The molecule has 0 fully saturated rings. The van der Waals surface area contributed by atoms with E-state index < -0.39 is 0 Å². The highest BCUT2D eigenvalue weighted by Gasteiger charge is 2.22. The van der Waals surface area contributed by atoms with Crippen molar-refractivity contribution >= 4 is 11.8 Å². The van der Waals surface area contributed by atoms with Crippen LogP contribution >= 0.6 is 11.8 Å². The van der Waals surface area contributed by atoms with Gasteiger partial charge >= 0.3 is 0 Å². The van der Waals surface area contributed by atoms with Gasteiger partial charge in [-0.3, -0.25) is 4.68 Å². The van der Waals surface area contributed by atoms with Gasteiger partial charge in [0, 0.05) is 35.8 Å². The van der Waals surface area contributed by atoms with Crippen LogP contribution in [0.1, 0.15) is 35.7 Å². The highest BCUT2D eigenvalue weighted by molar-refractivity contribution is 7.98. The quantitative estimate of drug-likeness (QED) is 0.875. The van der Waals surface area contributed by atoms with Gasteiger partial charge in [0.15, 0.2) is 0 Å². The van der Waals surface area contributed by atoms with Crippen molar-refractivity contribution in [3.63, 3.8) is 0 Å². The third-order valence-electron chi connectivity index (χ3n) is 4.09. The first-order valence-electron chi connectivity index (χ1n) is 7.15. The van der Waals surface area contributed by atoms with Crippen LogP contribution in [0.2, 0.25) is 0 Å². The van der Waals surface area contributed by atoms with Gasteiger partial charge in [-0.05, 0) is 43.2 Å². The SMILES string of the molecule is CSc1ccc(CN[C@@H]2CCCc3c2cnn3C)cc1. The van der Waals surface area contributed by atoms with Gasteiger partial charge in [-0.15, -0.1) is 11.8 Å². The lowest BCUT2D eigenvalue weighted by molar-refractivity contribution is 0.452. The van der Waals surface area contributed by atoms with E-state index in [1.807, 2.05) is 17.9 Å². The molecule has 1 aromatic heterocycles. The maximum absolute atomic E-state index is 4.40. The summed E-state index contributed by atoms with van der Waals surface area (Å²) in [6.07, 6.45) is 7.76. The van der Waals surface area contributed by atoms with Gasteiger partial charge in [-0.2, -0.15) is 5.10 Å². The number of nitrogens with one attached hydrogen (secondary N) is 1. The summed E-state index contributed by atoms with van der Waals surface area (Å²) in [7, 11) is 2.04. The predicted molar refractivity (Wildman–Crippen MR) is 83.9 cm³/mol. The predicted octanol–water partition coefficient (Wildman–Crippen LogP) is 3.31. The van der Waals surface area contributed by atoms with Gasteiger partial charge in [0.05, 0.1) is 6.20 Å². The van der Waals surface area contributed by atoms with E-state index in [1.165, 1.54) is 34.6 Å². The molecule has 1 heterocycles. The summed E-state index contributed by atoms with van der Waals surface area (Å²) in [6.45, 7) is 0.924. The Kier molecular flexibility index (Phi) is 4.13. The largest absolute Gasteiger partial charge is 0.306 e. The Balaban J connectivity index is 1.66. The van der Waals surface area contributed by atoms with E-state index in [9.17, 15) is 0 Å². The molecule has 0 bridgehead atoms. The summed E-state index contributed by atoms with van der Waals surface area (Å²) < 4.78 is 2.02. The van der Waals surface area contributed by atoms with Crippen LogP contribution in [0.5, 0.6) is 0 Å². The lowest BCUT2D eigenvalue weighted by Crippen LogP contribution is -2.24. The van der Waals surface area contributed by atoms with Crippen molar-refractivity contribution in [2.24, 2.45) is 7.05 Å². The summed E-state index contributed by atoms with van der Waals surface area (Å²) >= 11 is 1.79. The zero-order valence-corrected chi connectivity index (χ0v) is 12.9. The average molecular weight is 287 g/mol. The molecule has 0 aliphatic heterocycles. The van der Waals surface area contributed by atoms with Crippen molar-refractivity contribution in [1.82, 2.24) is 15.1 Å². The van der Waals surface area contributed by atoms with Crippen LogP contribution in [-0.2, 0) is 20.0 Å². The number of fused-ring (bicyclic) bond motifs is 1. The Hall–Kier alpha value is -1.26. The van der Waals surface area contributed by atoms with Crippen LogP contribution in [0.25, 0.3) is 0 Å². The van der Waals surface area contributed by atoms with Gasteiger partial charge in [0.25, 0.3) is 0 Å². The molecule has 2 aromatic rings. The lowest BCUT2D eigenvalue weighted by atomic mass is 9.93.